The summed E-state index contributed by atoms with van der Waals surface area (Å²) in [7, 11) is 0. The Morgan fingerprint density at radius 1 is 1.35 bits per heavy atom. The van der Waals surface area contributed by atoms with E-state index in [4.69, 9.17) is 5.11 Å². The summed E-state index contributed by atoms with van der Waals surface area (Å²) in [5.41, 5.74) is 1.02. The van der Waals surface area contributed by atoms with Crippen molar-refractivity contribution in [3.8, 4) is 0 Å². The predicted octanol–water partition coefficient (Wildman–Crippen LogP) is 2.03. The Labute approximate surface area is 101 Å². The van der Waals surface area contributed by atoms with Gasteiger partial charge in [0.25, 0.3) is 0 Å². The van der Waals surface area contributed by atoms with Gasteiger partial charge in [-0.1, -0.05) is 43.7 Å². The minimum atomic E-state index is -1.10. The van der Waals surface area contributed by atoms with Gasteiger partial charge in [0.05, 0.1) is 12.1 Å². The lowest BCUT2D eigenvalue weighted by atomic mass is 9.98. The average molecular weight is 237 g/mol. The van der Waals surface area contributed by atoms with E-state index in [-0.39, 0.29) is 0 Å². The highest BCUT2D eigenvalue weighted by Crippen LogP contribution is 2.09. The summed E-state index contributed by atoms with van der Waals surface area (Å²) < 4.78 is 0. The van der Waals surface area contributed by atoms with Gasteiger partial charge in [-0.05, 0) is 18.4 Å². The lowest BCUT2D eigenvalue weighted by Gasteiger charge is -2.22. The quantitative estimate of drug-likeness (QED) is 0.709. The maximum Gasteiger partial charge on any atom is 0.404 e. The fourth-order valence-electron chi connectivity index (χ4n) is 1.81. The summed E-state index contributed by atoms with van der Waals surface area (Å²) in [6.07, 6.45) is 0.192. The minimum absolute atomic E-state index is 0.449. The van der Waals surface area contributed by atoms with Crippen LogP contribution in [0.15, 0.2) is 30.3 Å². The van der Waals surface area contributed by atoms with Crippen LogP contribution in [0.25, 0.3) is 0 Å². The third-order valence-electron chi connectivity index (χ3n) is 2.66. The Morgan fingerprint density at radius 2 is 2.00 bits per heavy atom. The molecule has 0 aromatic heterocycles. The molecule has 0 fully saturated rings. The molecule has 0 saturated carbocycles. The van der Waals surface area contributed by atoms with Gasteiger partial charge in [0, 0.05) is 0 Å². The van der Waals surface area contributed by atoms with E-state index in [2.05, 4.69) is 5.32 Å². The van der Waals surface area contributed by atoms with Crippen LogP contribution in [0.3, 0.4) is 0 Å². The Morgan fingerprint density at radius 3 is 2.53 bits per heavy atom. The molecule has 0 spiro atoms. The van der Waals surface area contributed by atoms with Crippen LogP contribution in [0.5, 0.6) is 0 Å². The van der Waals surface area contributed by atoms with Gasteiger partial charge in [-0.15, -0.1) is 0 Å². The zero-order valence-electron chi connectivity index (χ0n) is 9.97. The number of hydrogen-bond donors (Lipinski definition) is 3. The van der Waals surface area contributed by atoms with E-state index in [9.17, 15) is 9.90 Å². The summed E-state index contributed by atoms with van der Waals surface area (Å²) in [5.74, 6) is 0. The van der Waals surface area contributed by atoms with Crippen molar-refractivity contribution >= 4 is 6.09 Å². The van der Waals surface area contributed by atoms with Gasteiger partial charge < -0.3 is 15.5 Å². The molecule has 1 aromatic rings. The van der Waals surface area contributed by atoms with E-state index in [1.807, 2.05) is 37.3 Å². The van der Waals surface area contributed by atoms with Crippen molar-refractivity contribution in [3.05, 3.63) is 35.9 Å². The third kappa shape index (κ3) is 4.87. The highest BCUT2D eigenvalue weighted by atomic mass is 16.4. The van der Waals surface area contributed by atoms with Crippen LogP contribution >= 0.6 is 0 Å². The number of rotatable bonds is 6. The number of carboxylic acid groups (broad SMARTS) is 1. The van der Waals surface area contributed by atoms with E-state index in [1.165, 1.54) is 0 Å². The molecule has 1 amide bonds. The fraction of sp³-hybridized carbons (Fsp3) is 0.462. The molecule has 0 aliphatic carbocycles. The summed E-state index contributed by atoms with van der Waals surface area (Å²) in [4.78, 5) is 10.7. The molecule has 0 saturated heterocycles. The Hall–Kier alpha value is -1.55. The molecule has 94 valence electrons. The molecule has 4 heteroatoms. The van der Waals surface area contributed by atoms with Gasteiger partial charge in [0.1, 0.15) is 0 Å². The van der Waals surface area contributed by atoms with Crippen LogP contribution < -0.4 is 5.32 Å². The molecular formula is C13H19NO3. The fourth-order valence-corrected chi connectivity index (χ4v) is 1.81. The Kier molecular flexibility index (Phi) is 5.49. The van der Waals surface area contributed by atoms with Crippen molar-refractivity contribution in [1.29, 1.82) is 0 Å². The van der Waals surface area contributed by atoms with E-state index in [1.54, 1.807) is 0 Å². The topological polar surface area (TPSA) is 69.6 Å². The van der Waals surface area contributed by atoms with E-state index >= 15 is 0 Å². The summed E-state index contributed by atoms with van der Waals surface area (Å²) >= 11 is 0. The maximum absolute atomic E-state index is 10.7. The standard InChI is InChI=1S/C13H19NO3/c1-2-6-12(15)11(14-13(16)17)9-10-7-4-3-5-8-10/h3-5,7-8,11-12,14-15H,2,6,9H2,1H3,(H,16,17). The number of amides is 1. The van der Waals surface area contributed by atoms with Gasteiger partial charge in [0.2, 0.25) is 0 Å². The van der Waals surface area contributed by atoms with Crippen LogP contribution in [0.2, 0.25) is 0 Å². The second-order valence-electron chi connectivity index (χ2n) is 4.10. The smallest absolute Gasteiger partial charge is 0.404 e. The Balaban J connectivity index is 2.66. The van der Waals surface area contributed by atoms with Crippen LogP contribution in [0.4, 0.5) is 4.79 Å². The molecule has 0 aliphatic rings. The number of aliphatic hydroxyl groups is 1. The van der Waals surface area contributed by atoms with Gasteiger partial charge in [0.15, 0.2) is 0 Å². The molecule has 3 N–H and O–H groups in total. The first-order valence-corrected chi connectivity index (χ1v) is 5.85. The highest BCUT2D eigenvalue weighted by Gasteiger charge is 2.20. The number of hydrogen-bond acceptors (Lipinski definition) is 2. The number of benzene rings is 1. The van der Waals surface area contributed by atoms with Crippen LogP contribution in [0.1, 0.15) is 25.3 Å². The summed E-state index contributed by atoms with van der Waals surface area (Å²) in [6.45, 7) is 1.96. The number of aliphatic hydroxyl groups excluding tert-OH is 1. The van der Waals surface area contributed by atoms with Crippen molar-refractivity contribution in [1.82, 2.24) is 5.32 Å². The maximum atomic E-state index is 10.7. The number of carbonyl (C=O) groups is 1. The monoisotopic (exact) mass is 237 g/mol. The van der Waals surface area contributed by atoms with Crippen molar-refractivity contribution < 1.29 is 15.0 Å². The largest absolute Gasteiger partial charge is 0.465 e. The van der Waals surface area contributed by atoms with Crippen LogP contribution in [-0.4, -0.2) is 28.5 Å². The second-order valence-corrected chi connectivity index (χ2v) is 4.10. The van der Waals surface area contributed by atoms with Gasteiger partial charge >= 0.3 is 6.09 Å². The molecule has 0 aliphatic heterocycles. The van der Waals surface area contributed by atoms with Gasteiger partial charge in [-0.2, -0.15) is 0 Å². The first-order chi connectivity index (χ1) is 8.13. The van der Waals surface area contributed by atoms with Crippen molar-refractivity contribution in [2.75, 3.05) is 0 Å². The minimum Gasteiger partial charge on any atom is -0.465 e. The summed E-state index contributed by atoms with van der Waals surface area (Å²) in [6, 6.07) is 9.11. The molecule has 1 rings (SSSR count). The SMILES string of the molecule is CCCC(O)C(Cc1ccccc1)NC(=O)O. The molecule has 0 radical (unpaired) electrons. The lowest BCUT2D eigenvalue weighted by Crippen LogP contribution is -2.44. The first-order valence-electron chi connectivity index (χ1n) is 5.85. The normalized spacial score (nSPS) is 14.0. The van der Waals surface area contributed by atoms with Gasteiger partial charge in [-0.3, -0.25) is 0 Å². The molecule has 1 aromatic carbocycles. The molecule has 4 nitrogen and oxygen atoms in total. The second kappa shape index (κ2) is 6.91. The zero-order valence-corrected chi connectivity index (χ0v) is 9.97. The first kappa shape index (κ1) is 13.5. The summed E-state index contributed by atoms with van der Waals surface area (Å²) in [5, 5.41) is 21.0. The molecule has 2 atom stereocenters. The molecule has 0 heterocycles. The number of nitrogens with one attached hydrogen (secondary N) is 1. The lowest BCUT2D eigenvalue weighted by molar-refractivity contribution is 0.111. The van der Waals surface area contributed by atoms with E-state index in [0.29, 0.717) is 12.8 Å². The molecule has 17 heavy (non-hydrogen) atoms. The zero-order chi connectivity index (χ0) is 12.7. The Bertz CT molecular complexity index is 340. The van der Waals surface area contributed by atoms with Crippen molar-refractivity contribution in [2.45, 2.75) is 38.3 Å². The molecule has 2 unspecified atom stereocenters. The molecular weight excluding hydrogens is 218 g/mol. The van der Waals surface area contributed by atoms with Crippen molar-refractivity contribution in [2.24, 2.45) is 0 Å². The van der Waals surface area contributed by atoms with Crippen LogP contribution in [-0.2, 0) is 6.42 Å². The molecule has 0 bridgehead atoms. The predicted molar refractivity (Wildman–Crippen MR) is 66.0 cm³/mol. The van der Waals surface area contributed by atoms with Crippen LogP contribution in [0, 0.1) is 0 Å². The van der Waals surface area contributed by atoms with Crippen molar-refractivity contribution in [3.63, 3.8) is 0 Å². The third-order valence-corrected chi connectivity index (χ3v) is 2.66. The average Bonchev–Trinajstić information content (AvgIpc) is 2.29. The van der Waals surface area contributed by atoms with E-state index in [0.717, 1.165) is 12.0 Å². The highest BCUT2D eigenvalue weighted by molar-refractivity contribution is 5.65. The van der Waals surface area contributed by atoms with Gasteiger partial charge in [-0.25, -0.2) is 4.79 Å². The van der Waals surface area contributed by atoms with E-state index < -0.39 is 18.2 Å².